The van der Waals surface area contributed by atoms with Crippen LogP contribution in [0.2, 0.25) is 0 Å². The van der Waals surface area contributed by atoms with Crippen molar-refractivity contribution in [3.63, 3.8) is 0 Å². The van der Waals surface area contributed by atoms with Crippen LogP contribution in [-0.2, 0) is 9.59 Å². The lowest BCUT2D eigenvalue weighted by molar-refractivity contribution is -0.146. The van der Waals surface area contributed by atoms with Gasteiger partial charge in [-0.2, -0.15) is 11.8 Å². The van der Waals surface area contributed by atoms with Gasteiger partial charge >= 0.3 is 5.97 Å². The molecule has 2 fully saturated rings. The molecule has 1 amide bonds. The van der Waals surface area contributed by atoms with Crippen molar-refractivity contribution in [2.75, 3.05) is 6.26 Å². The van der Waals surface area contributed by atoms with Gasteiger partial charge in [0.25, 0.3) is 0 Å². The summed E-state index contributed by atoms with van der Waals surface area (Å²) in [6.45, 7) is 2.03. The zero-order valence-electron chi connectivity index (χ0n) is 12.3. The normalized spacial score (nSPS) is 37.6. The van der Waals surface area contributed by atoms with Gasteiger partial charge in [0.05, 0.1) is 11.8 Å². The first-order valence-electron chi connectivity index (χ1n) is 7.57. The molecule has 20 heavy (non-hydrogen) atoms. The lowest BCUT2D eigenvalue weighted by Gasteiger charge is -2.29. The Kier molecular flexibility index (Phi) is 5.35. The molecular formula is C15H25NO3S. The second-order valence-electron chi connectivity index (χ2n) is 6.35. The first-order valence-corrected chi connectivity index (χ1v) is 8.86. The Bertz CT molecular complexity index is 366. The number of hydrogen-bond donors (Lipinski definition) is 2. The number of carboxylic acid groups (broad SMARTS) is 1. The number of carbonyl (C=O) groups excluding carboxylic acids is 1. The molecule has 2 rings (SSSR count). The highest BCUT2D eigenvalue weighted by Crippen LogP contribution is 2.37. The molecule has 0 spiro atoms. The van der Waals surface area contributed by atoms with E-state index in [0.29, 0.717) is 18.8 Å². The van der Waals surface area contributed by atoms with Crippen LogP contribution < -0.4 is 5.32 Å². The number of nitrogens with one attached hydrogen (secondary N) is 1. The van der Waals surface area contributed by atoms with Gasteiger partial charge in [0.15, 0.2) is 0 Å². The highest BCUT2D eigenvalue weighted by atomic mass is 32.2. The maximum atomic E-state index is 12.3. The van der Waals surface area contributed by atoms with Crippen molar-refractivity contribution < 1.29 is 14.7 Å². The second kappa shape index (κ2) is 6.83. The van der Waals surface area contributed by atoms with E-state index in [9.17, 15) is 14.7 Å². The van der Waals surface area contributed by atoms with Crippen LogP contribution in [0.5, 0.6) is 0 Å². The van der Waals surface area contributed by atoms with Crippen LogP contribution in [0.15, 0.2) is 0 Å². The SMILES string of the molecule is CSC1CCC(NC(=O)C2CC(C)CC2C(=O)O)CC1. The molecule has 0 aromatic rings. The van der Waals surface area contributed by atoms with Gasteiger partial charge in [0.2, 0.25) is 5.91 Å². The van der Waals surface area contributed by atoms with Crippen molar-refractivity contribution in [1.29, 1.82) is 0 Å². The fourth-order valence-electron chi connectivity index (χ4n) is 3.61. The average molecular weight is 299 g/mol. The fraction of sp³-hybridized carbons (Fsp3) is 0.867. The summed E-state index contributed by atoms with van der Waals surface area (Å²) >= 11 is 1.91. The van der Waals surface area contributed by atoms with E-state index in [-0.39, 0.29) is 17.9 Å². The number of amides is 1. The number of rotatable bonds is 4. The molecule has 0 aliphatic heterocycles. The minimum absolute atomic E-state index is 0.0330. The molecule has 0 aromatic heterocycles. The summed E-state index contributed by atoms with van der Waals surface area (Å²) in [4.78, 5) is 23.6. The molecule has 2 saturated carbocycles. The second-order valence-corrected chi connectivity index (χ2v) is 7.48. The third-order valence-electron chi connectivity index (χ3n) is 4.81. The Hall–Kier alpha value is -0.710. The Morgan fingerprint density at radius 3 is 2.25 bits per heavy atom. The maximum Gasteiger partial charge on any atom is 0.307 e. The standard InChI is InChI=1S/C15H25NO3S/c1-9-7-12(13(8-9)15(18)19)14(17)16-10-3-5-11(20-2)6-4-10/h9-13H,3-8H2,1-2H3,(H,16,17)(H,18,19). The monoisotopic (exact) mass is 299 g/mol. The van der Waals surface area contributed by atoms with E-state index in [1.54, 1.807) is 0 Å². The lowest BCUT2D eigenvalue weighted by Crippen LogP contribution is -2.43. The molecule has 0 radical (unpaired) electrons. The molecule has 0 aromatic carbocycles. The molecule has 0 heterocycles. The Balaban J connectivity index is 1.87. The predicted molar refractivity (Wildman–Crippen MR) is 80.7 cm³/mol. The summed E-state index contributed by atoms with van der Waals surface area (Å²) in [6.07, 6.45) is 7.83. The van der Waals surface area contributed by atoms with Crippen LogP contribution in [0, 0.1) is 17.8 Å². The smallest absolute Gasteiger partial charge is 0.307 e. The molecule has 114 valence electrons. The number of carbonyl (C=O) groups is 2. The van der Waals surface area contributed by atoms with Crippen LogP contribution in [0.25, 0.3) is 0 Å². The molecule has 2 aliphatic rings. The number of hydrogen-bond acceptors (Lipinski definition) is 3. The first-order chi connectivity index (χ1) is 9.51. The topological polar surface area (TPSA) is 66.4 Å². The van der Waals surface area contributed by atoms with E-state index >= 15 is 0 Å². The maximum absolute atomic E-state index is 12.3. The molecule has 0 bridgehead atoms. The summed E-state index contributed by atoms with van der Waals surface area (Å²) in [5, 5.41) is 13.1. The molecule has 3 atom stereocenters. The van der Waals surface area contributed by atoms with Gasteiger partial charge in [-0.05, 0) is 50.7 Å². The highest BCUT2D eigenvalue weighted by molar-refractivity contribution is 7.99. The van der Waals surface area contributed by atoms with E-state index in [4.69, 9.17) is 0 Å². The Labute approximate surface area is 125 Å². The summed E-state index contributed by atoms with van der Waals surface area (Å²) in [6, 6.07) is 0.247. The van der Waals surface area contributed by atoms with Gasteiger partial charge in [-0.3, -0.25) is 9.59 Å². The van der Waals surface area contributed by atoms with Crippen molar-refractivity contribution in [2.24, 2.45) is 17.8 Å². The molecule has 4 nitrogen and oxygen atoms in total. The van der Waals surface area contributed by atoms with Crippen molar-refractivity contribution in [1.82, 2.24) is 5.32 Å². The zero-order chi connectivity index (χ0) is 14.7. The molecule has 0 saturated heterocycles. The van der Waals surface area contributed by atoms with Gasteiger partial charge in [-0.15, -0.1) is 0 Å². The van der Waals surface area contributed by atoms with Crippen molar-refractivity contribution in [2.45, 2.75) is 56.7 Å². The minimum Gasteiger partial charge on any atom is -0.481 e. The van der Waals surface area contributed by atoms with Gasteiger partial charge in [-0.25, -0.2) is 0 Å². The molecule has 3 unspecified atom stereocenters. The third kappa shape index (κ3) is 3.68. The minimum atomic E-state index is -0.819. The summed E-state index contributed by atoms with van der Waals surface area (Å²) in [5.74, 6) is -1.35. The summed E-state index contributed by atoms with van der Waals surface area (Å²) in [5.41, 5.74) is 0. The van der Waals surface area contributed by atoms with Gasteiger partial charge in [-0.1, -0.05) is 6.92 Å². The molecule has 5 heteroatoms. The quantitative estimate of drug-likeness (QED) is 0.837. The van der Waals surface area contributed by atoms with E-state index in [0.717, 1.165) is 30.9 Å². The van der Waals surface area contributed by atoms with Crippen LogP contribution in [0.3, 0.4) is 0 Å². The molecule has 2 N–H and O–H groups in total. The average Bonchev–Trinajstić information content (AvgIpc) is 2.82. The number of thioether (sulfide) groups is 1. The van der Waals surface area contributed by atoms with E-state index in [1.165, 1.54) is 0 Å². The van der Waals surface area contributed by atoms with Crippen molar-refractivity contribution in [3.05, 3.63) is 0 Å². The third-order valence-corrected chi connectivity index (χ3v) is 5.94. The highest BCUT2D eigenvalue weighted by Gasteiger charge is 2.41. The lowest BCUT2D eigenvalue weighted by atomic mass is 9.92. The van der Waals surface area contributed by atoms with E-state index in [2.05, 4.69) is 11.6 Å². The fourth-order valence-corrected chi connectivity index (χ4v) is 4.35. The van der Waals surface area contributed by atoms with Gasteiger partial charge in [0.1, 0.15) is 0 Å². The number of aliphatic carboxylic acids is 1. The predicted octanol–water partition coefficient (Wildman–Crippen LogP) is 2.52. The first kappa shape index (κ1) is 15.7. The zero-order valence-corrected chi connectivity index (χ0v) is 13.1. The van der Waals surface area contributed by atoms with Gasteiger partial charge < -0.3 is 10.4 Å². The van der Waals surface area contributed by atoms with Crippen molar-refractivity contribution in [3.8, 4) is 0 Å². The van der Waals surface area contributed by atoms with Crippen LogP contribution in [0.4, 0.5) is 0 Å². The van der Waals surface area contributed by atoms with E-state index < -0.39 is 11.9 Å². The van der Waals surface area contributed by atoms with Crippen LogP contribution >= 0.6 is 11.8 Å². The molecule has 2 aliphatic carbocycles. The largest absolute Gasteiger partial charge is 0.481 e. The van der Waals surface area contributed by atoms with Crippen LogP contribution in [0.1, 0.15) is 45.4 Å². The van der Waals surface area contributed by atoms with Gasteiger partial charge in [0, 0.05) is 11.3 Å². The molecular weight excluding hydrogens is 274 g/mol. The summed E-state index contributed by atoms with van der Waals surface area (Å²) in [7, 11) is 0. The van der Waals surface area contributed by atoms with Crippen molar-refractivity contribution >= 4 is 23.6 Å². The summed E-state index contributed by atoms with van der Waals surface area (Å²) < 4.78 is 0. The van der Waals surface area contributed by atoms with E-state index in [1.807, 2.05) is 18.7 Å². The van der Waals surface area contributed by atoms with Crippen LogP contribution in [-0.4, -0.2) is 34.5 Å². The Morgan fingerprint density at radius 2 is 1.70 bits per heavy atom. The Morgan fingerprint density at radius 1 is 1.10 bits per heavy atom. The number of carboxylic acids is 1.